The van der Waals surface area contributed by atoms with Crippen LogP contribution in [0.25, 0.3) is 12.2 Å². The fraction of sp³-hybridized carbons (Fsp3) is 0.217. The molecule has 0 heterocycles. The highest BCUT2D eigenvalue weighted by Crippen LogP contribution is 2.26. The summed E-state index contributed by atoms with van der Waals surface area (Å²) in [6.45, 7) is 0. The summed E-state index contributed by atoms with van der Waals surface area (Å²) in [7, 11) is 0. The largest absolute Gasteiger partial charge is 0.504 e. The van der Waals surface area contributed by atoms with Crippen LogP contribution in [-0.2, 0) is 9.59 Å². The second kappa shape index (κ2) is 9.88. The molecule has 9 heteroatoms. The normalized spacial score (nSPS) is 20.6. The monoisotopic (exact) mass is 440 g/mol. The standard InChI is InChI=1S/C23H24N2O7/c26-17-7-1-13(11-19(17)28)3-9-21(30)24-15-5-6-16(23(15)32)25-22(31)10-4-14-2-8-18(27)20(29)12-14/h1-4,7-12,15-16,23,26-29,32H,5-6H2,(H,24,30)(H,25,31)/t15-,16+,23+. The first-order chi connectivity index (χ1) is 15.2. The van der Waals surface area contributed by atoms with Crippen LogP contribution in [0.5, 0.6) is 23.0 Å². The maximum atomic E-state index is 12.2. The van der Waals surface area contributed by atoms with Gasteiger partial charge in [0.05, 0.1) is 18.2 Å². The van der Waals surface area contributed by atoms with Crippen molar-refractivity contribution in [1.29, 1.82) is 0 Å². The lowest BCUT2D eigenvalue weighted by molar-refractivity contribution is -0.118. The van der Waals surface area contributed by atoms with Crippen molar-refractivity contribution in [3.8, 4) is 23.0 Å². The number of aliphatic hydroxyl groups is 1. The smallest absolute Gasteiger partial charge is 0.244 e. The van der Waals surface area contributed by atoms with Gasteiger partial charge in [-0.15, -0.1) is 0 Å². The van der Waals surface area contributed by atoms with E-state index in [1.807, 2.05) is 0 Å². The van der Waals surface area contributed by atoms with Crippen LogP contribution in [0, 0.1) is 0 Å². The number of nitrogens with one attached hydrogen (secondary N) is 2. The van der Waals surface area contributed by atoms with E-state index in [9.17, 15) is 35.1 Å². The highest BCUT2D eigenvalue weighted by Gasteiger charge is 2.35. The molecule has 0 unspecified atom stereocenters. The molecule has 7 N–H and O–H groups in total. The van der Waals surface area contributed by atoms with E-state index < -0.39 is 30.0 Å². The Balaban J connectivity index is 1.50. The Hall–Kier alpha value is -3.98. The van der Waals surface area contributed by atoms with Gasteiger partial charge in [-0.1, -0.05) is 12.1 Å². The summed E-state index contributed by atoms with van der Waals surface area (Å²) in [6, 6.07) is 7.21. The number of carbonyl (C=O) groups excluding carboxylic acids is 2. The molecule has 3 rings (SSSR count). The molecule has 2 aromatic carbocycles. The Bertz CT molecular complexity index is 981. The first-order valence-corrected chi connectivity index (χ1v) is 9.92. The Kier molecular flexibility index (Phi) is 7.01. The van der Waals surface area contributed by atoms with Crippen LogP contribution in [0.15, 0.2) is 48.6 Å². The quantitative estimate of drug-likeness (QED) is 0.264. The summed E-state index contributed by atoms with van der Waals surface area (Å²) in [5.74, 6) is -2.00. The minimum Gasteiger partial charge on any atom is -0.504 e. The second-order valence-corrected chi connectivity index (χ2v) is 7.46. The van der Waals surface area contributed by atoms with Gasteiger partial charge in [-0.3, -0.25) is 9.59 Å². The molecule has 1 saturated carbocycles. The first-order valence-electron chi connectivity index (χ1n) is 9.92. The number of rotatable bonds is 6. The third-order valence-electron chi connectivity index (χ3n) is 5.12. The number of phenols is 4. The lowest BCUT2D eigenvalue weighted by Crippen LogP contribution is -2.47. The summed E-state index contributed by atoms with van der Waals surface area (Å²) in [5, 5.41) is 53.4. The summed E-state index contributed by atoms with van der Waals surface area (Å²) in [6.07, 6.45) is 5.39. The molecule has 1 aliphatic rings. The van der Waals surface area contributed by atoms with Crippen LogP contribution in [-0.4, -0.2) is 55.5 Å². The fourth-order valence-electron chi connectivity index (χ4n) is 3.39. The predicted molar refractivity (Wildman–Crippen MR) is 117 cm³/mol. The van der Waals surface area contributed by atoms with Crippen molar-refractivity contribution in [2.24, 2.45) is 0 Å². The molecule has 0 spiro atoms. The molecule has 1 fully saturated rings. The number of phenolic OH excluding ortho intramolecular Hbond substituents is 4. The highest BCUT2D eigenvalue weighted by molar-refractivity contribution is 5.93. The Morgan fingerprint density at radius 3 is 1.50 bits per heavy atom. The molecule has 2 aromatic rings. The van der Waals surface area contributed by atoms with Gasteiger partial charge in [0.15, 0.2) is 23.0 Å². The number of aromatic hydroxyl groups is 4. The molecule has 1 aliphatic carbocycles. The van der Waals surface area contributed by atoms with Gasteiger partial charge < -0.3 is 36.2 Å². The zero-order chi connectivity index (χ0) is 23.3. The van der Waals surface area contributed by atoms with E-state index in [0.29, 0.717) is 24.0 Å². The third-order valence-corrected chi connectivity index (χ3v) is 5.12. The number of hydrogen-bond acceptors (Lipinski definition) is 7. The van der Waals surface area contributed by atoms with Crippen LogP contribution in [0.3, 0.4) is 0 Å². The SMILES string of the molecule is O=C(C=Cc1ccc(O)c(O)c1)N[C@H]1CC[C@@H](NC(=O)C=Cc2ccc(O)c(O)c2)[C@@H]1O. The van der Waals surface area contributed by atoms with Crippen molar-refractivity contribution in [2.45, 2.75) is 31.0 Å². The molecular weight excluding hydrogens is 416 g/mol. The molecule has 0 aromatic heterocycles. The predicted octanol–water partition coefficient (Wildman–Crippen LogP) is 1.36. The van der Waals surface area contributed by atoms with E-state index in [4.69, 9.17) is 0 Å². The van der Waals surface area contributed by atoms with E-state index in [2.05, 4.69) is 10.6 Å². The molecule has 168 valence electrons. The van der Waals surface area contributed by atoms with Crippen molar-refractivity contribution in [3.63, 3.8) is 0 Å². The Labute approximate surface area is 184 Å². The number of aliphatic hydroxyl groups excluding tert-OH is 1. The van der Waals surface area contributed by atoms with Crippen LogP contribution in [0.2, 0.25) is 0 Å². The molecule has 0 aliphatic heterocycles. The number of carbonyl (C=O) groups is 2. The van der Waals surface area contributed by atoms with Crippen molar-refractivity contribution < 1.29 is 35.1 Å². The van der Waals surface area contributed by atoms with Gasteiger partial charge in [-0.05, 0) is 60.4 Å². The average Bonchev–Trinajstić information content (AvgIpc) is 3.09. The third kappa shape index (κ3) is 5.79. The fourth-order valence-corrected chi connectivity index (χ4v) is 3.39. The van der Waals surface area contributed by atoms with Gasteiger partial charge >= 0.3 is 0 Å². The van der Waals surface area contributed by atoms with E-state index in [-0.39, 0.29) is 23.0 Å². The van der Waals surface area contributed by atoms with E-state index >= 15 is 0 Å². The van der Waals surface area contributed by atoms with Gasteiger partial charge in [0.25, 0.3) is 0 Å². The molecule has 0 bridgehead atoms. The summed E-state index contributed by atoms with van der Waals surface area (Å²) in [5.41, 5.74) is 1.03. The molecule has 2 amide bonds. The van der Waals surface area contributed by atoms with Gasteiger partial charge in [0.1, 0.15) is 0 Å². The van der Waals surface area contributed by atoms with Gasteiger partial charge in [-0.2, -0.15) is 0 Å². The van der Waals surface area contributed by atoms with Gasteiger partial charge in [0, 0.05) is 12.2 Å². The lowest BCUT2D eigenvalue weighted by atomic mass is 10.1. The minimum atomic E-state index is -0.972. The maximum Gasteiger partial charge on any atom is 0.244 e. The number of amides is 2. The summed E-state index contributed by atoms with van der Waals surface area (Å²) < 4.78 is 0. The Morgan fingerprint density at radius 2 is 1.12 bits per heavy atom. The highest BCUT2D eigenvalue weighted by atomic mass is 16.3. The van der Waals surface area contributed by atoms with Crippen LogP contribution < -0.4 is 10.6 Å². The van der Waals surface area contributed by atoms with E-state index in [1.165, 1.54) is 60.7 Å². The van der Waals surface area contributed by atoms with Crippen LogP contribution >= 0.6 is 0 Å². The van der Waals surface area contributed by atoms with E-state index in [1.54, 1.807) is 0 Å². The molecular formula is C23H24N2O7. The lowest BCUT2D eigenvalue weighted by Gasteiger charge is -2.20. The topological polar surface area (TPSA) is 159 Å². The molecule has 0 saturated heterocycles. The van der Waals surface area contributed by atoms with Crippen LogP contribution in [0.1, 0.15) is 24.0 Å². The number of benzene rings is 2. The zero-order valence-corrected chi connectivity index (χ0v) is 17.0. The Morgan fingerprint density at radius 1 is 0.719 bits per heavy atom. The van der Waals surface area contributed by atoms with Gasteiger partial charge in [-0.25, -0.2) is 0 Å². The molecule has 0 radical (unpaired) electrons. The van der Waals surface area contributed by atoms with Crippen molar-refractivity contribution in [1.82, 2.24) is 10.6 Å². The summed E-state index contributed by atoms with van der Waals surface area (Å²) >= 11 is 0. The zero-order valence-electron chi connectivity index (χ0n) is 17.0. The van der Waals surface area contributed by atoms with Crippen LogP contribution in [0.4, 0.5) is 0 Å². The average molecular weight is 440 g/mol. The van der Waals surface area contributed by atoms with Gasteiger partial charge in [0.2, 0.25) is 11.8 Å². The minimum absolute atomic E-state index is 0.259. The maximum absolute atomic E-state index is 12.2. The number of hydrogen-bond donors (Lipinski definition) is 7. The molecule has 9 nitrogen and oxygen atoms in total. The molecule has 3 atom stereocenters. The van der Waals surface area contributed by atoms with Crippen molar-refractivity contribution in [2.75, 3.05) is 0 Å². The van der Waals surface area contributed by atoms with Crippen molar-refractivity contribution in [3.05, 3.63) is 59.7 Å². The van der Waals surface area contributed by atoms with E-state index in [0.717, 1.165) is 0 Å². The molecule has 32 heavy (non-hydrogen) atoms. The first kappa shape index (κ1) is 22.7. The van der Waals surface area contributed by atoms with Crippen molar-refractivity contribution >= 4 is 24.0 Å². The second-order valence-electron chi connectivity index (χ2n) is 7.46. The summed E-state index contributed by atoms with van der Waals surface area (Å²) in [4.78, 5) is 24.3.